The number of rotatable bonds is 5. The first-order valence-corrected chi connectivity index (χ1v) is 9.46. The second-order valence-electron chi connectivity index (χ2n) is 7.60. The van der Waals surface area contributed by atoms with Gasteiger partial charge in [-0.1, -0.05) is 12.0 Å². The summed E-state index contributed by atoms with van der Waals surface area (Å²) in [6.07, 6.45) is 6.72. The van der Waals surface area contributed by atoms with Gasteiger partial charge >= 0.3 is 0 Å². The van der Waals surface area contributed by atoms with Crippen LogP contribution in [0.1, 0.15) is 56.1 Å². The second kappa shape index (κ2) is 7.53. The van der Waals surface area contributed by atoms with Crippen LogP contribution in [0.4, 0.5) is 5.69 Å². The predicted molar refractivity (Wildman–Crippen MR) is 112 cm³/mol. The summed E-state index contributed by atoms with van der Waals surface area (Å²) in [5.41, 5.74) is 2.37. The maximum atomic E-state index is 12.9. The van der Waals surface area contributed by atoms with Gasteiger partial charge in [-0.05, 0) is 56.9 Å². The number of nitrogens with one attached hydrogen (secondary N) is 2. The molecule has 0 bridgehead atoms. The first kappa shape index (κ1) is 20.9. The quantitative estimate of drug-likeness (QED) is 0.456. The molecule has 2 N–H and O–H groups in total. The summed E-state index contributed by atoms with van der Waals surface area (Å²) in [5, 5.41) is 14.6. The van der Waals surface area contributed by atoms with Crippen molar-refractivity contribution in [3.8, 4) is 18.4 Å². The van der Waals surface area contributed by atoms with E-state index in [1.807, 2.05) is 6.92 Å². The van der Waals surface area contributed by atoms with E-state index in [9.17, 15) is 19.6 Å². The van der Waals surface area contributed by atoms with Gasteiger partial charge in [0.05, 0.1) is 17.2 Å². The number of carbonyl (C=O) groups excluding carboxylic acids is 3. The van der Waals surface area contributed by atoms with Gasteiger partial charge in [0.2, 0.25) is 0 Å². The molecule has 1 aromatic carbocycles. The number of hydrogen-bond acceptors (Lipinski definition) is 4. The number of carbonyl (C=O) groups is 3. The van der Waals surface area contributed by atoms with Crippen LogP contribution in [-0.2, 0) is 11.8 Å². The highest BCUT2D eigenvalue weighted by Gasteiger charge is 2.44. The Hall–Kier alpha value is -3.84. The summed E-state index contributed by atoms with van der Waals surface area (Å²) in [5.74, 6) is 0.589. The Morgan fingerprint density at radius 2 is 1.87 bits per heavy atom. The maximum absolute atomic E-state index is 12.9. The van der Waals surface area contributed by atoms with Crippen LogP contribution < -0.4 is 10.6 Å². The fraction of sp³-hybridized carbons (Fsp3) is 0.304. The number of nitriles is 1. The number of aryl methyl sites for hydroxylation is 1. The molecule has 7 heteroatoms. The molecular formula is C23H22N4O3. The summed E-state index contributed by atoms with van der Waals surface area (Å²) in [4.78, 5) is 38.2. The van der Waals surface area contributed by atoms with Crippen molar-refractivity contribution in [2.24, 2.45) is 7.05 Å². The first-order valence-electron chi connectivity index (χ1n) is 9.46. The van der Waals surface area contributed by atoms with E-state index in [0.717, 1.165) is 5.56 Å². The summed E-state index contributed by atoms with van der Waals surface area (Å²) in [6.45, 7) is 5.12. The molecule has 0 radical (unpaired) electrons. The highest BCUT2D eigenvalue weighted by Crippen LogP contribution is 2.34. The van der Waals surface area contributed by atoms with Crippen molar-refractivity contribution in [3.63, 3.8) is 0 Å². The monoisotopic (exact) mass is 402 g/mol. The Morgan fingerprint density at radius 1 is 1.20 bits per heavy atom. The van der Waals surface area contributed by atoms with Gasteiger partial charge in [0.25, 0.3) is 17.6 Å². The van der Waals surface area contributed by atoms with Gasteiger partial charge in [-0.25, -0.2) is 0 Å². The van der Waals surface area contributed by atoms with Gasteiger partial charge in [-0.3, -0.25) is 14.4 Å². The molecule has 0 spiro atoms. The van der Waals surface area contributed by atoms with Crippen molar-refractivity contribution < 1.29 is 14.4 Å². The Kier molecular flexibility index (Phi) is 5.24. The Labute approximate surface area is 175 Å². The lowest BCUT2D eigenvalue weighted by atomic mass is 10.0. The van der Waals surface area contributed by atoms with E-state index in [-0.39, 0.29) is 11.3 Å². The van der Waals surface area contributed by atoms with Gasteiger partial charge in [0.15, 0.2) is 0 Å². The molecule has 1 aromatic heterocycles. The molecule has 2 aromatic rings. The Morgan fingerprint density at radius 3 is 2.43 bits per heavy atom. The standard InChI is InChI=1S/C23H22N4O3/c1-6-23(9-10-23)26-22(30)20(28)18-14(3)19(27(5)15(18)4)21(29)25-17-8-7-13(2)16(11-17)12-24/h1,7-8,11H,9-10H2,2-5H3,(H,25,29)(H,26,30). The predicted octanol–water partition coefficient (Wildman–Crippen LogP) is 2.54. The number of anilines is 1. The fourth-order valence-corrected chi connectivity index (χ4v) is 3.46. The molecule has 1 heterocycles. The zero-order valence-electron chi connectivity index (χ0n) is 17.3. The average Bonchev–Trinajstić information content (AvgIpc) is 3.44. The molecule has 0 atom stereocenters. The van der Waals surface area contributed by atoms with E-state index in [4.69, 9.17) is 6.42 Å². The van der Waals surface area contributed by atoms with Crippen LogP contribution in [0.5, 0.6) is 0 Å². The number of Topliss-reactive ketones (excluding diaryl/α,β-unsaturated/α-hetero) is 1. The first-order chi connectivity index (χ1) is 14.1. The van der Waals surface area contributed by atoms with Gasteiger partial charge in [-0.15, -0.1) is 6.42 Å². The van der Waals surface area contributed by atoms with Crippen molar-refractivity contribution in [2.75, 3.05) is 5.32 Å². The summed E-state index contributed by atoms with van der Waals surface area (Å²) in [6, 6.07) is 7.12. The number of ketones is 1. The minimum absolute atomic E-state index is 0.189. The third-order valence-corrected chi connectivity index (χ3v) is 5.57. The highest BCUT2D eigenvalue weighted by atomic mass is 16.2. The van der Waals surface area contributed by atoms with E-state index in [0.29, 0.717) is 35.3 Å². The molecule has 0 unspecified atom stereocenters. The molecular weight excluding hydrogens is 380 g/mol. The highest BCUT2D eigenvalue weighted by molar-refractivity contribution is 6.44. The third-order valence-electron chi connectivity index (χ3n) is 5.57. The molecule has 1 aliphatic carbocycles. The number of hydrogen-bond donors (Lipinski definition) is 2. The van der Waals surface area contributed by atoms with E-state index < -0.39 is 23.1 Å². The average molecular weight is 402 g/mol. The summed E-state index contributed by atoms with van der Waals surface area (Å²) < 4.78 is 1.58. The Bertz CT molecular complexity index is 1170. The smallest absolute Gasteiger partial charge is 0.293 e. The molecule has 1 aliphatic rings. The van der Waals surface area contributed by atoms with Gasteiger partial charge in [0.1, 0.15) is 11.2 Å². The maximum Gasteiger partial charge on any atom is 0.293 e. The molecule has 2 amide bonds. The van der Waals surface area contributed by atoms with E-state index in [1.165, 1.54) is 0 Å². The SMILES string of the molecule is C#CC1(NC(=O)C(=O)c2c(C)c(C(=O)Nc3ccc(C)c(C#N)c3)n(C)c2C)CC1. The van der Waals surface area contributed by atoms with Crippen molar-refractivity contribution >= 4 is 23.3 Å². The zero-order valence-corrected chi connectivity index (χ0v) is 17.3. The van der Waals surface area contributed by atoms with Gasteiger partial charge < -0.3 is 15.2 Å². The zero-order chi connectivity index (χ0) is 22.2. The largest absolute Gasteiger partial charge is 0.343 e. The molecule has 1 fully saturated rings. The lowest BCUT2D eigenvalue weighted by Gasteiger charge is -2.10. The number of nitrogens with zero attached hydrogens (tertiary/aromatic N) is 2. The number of amides is 2. The van der Waals surface area contributed by atoms with Crippen molar-refractivity contribution in [1.82, 2.24) is 9.88 Å². The molecule has 0 saturated heterocycles. The van der Waals surface area contributed by atoms with Crippen molar-refractivity contribution in [3.05, 3.63) is 51.8 Å². The number of aromatic nitrogens is 1. The molecule has 152 valence electrons. The minimum atomic E-state index is -0.772. The van der Waals surface area contributed by atoms with Gasteiger partial charge in [0, 0.05) is 18.4 Å². The normalized spacial score (nSPS) is 13.7. The van der Waals surface area contributed by atoms with Crippen LogP contribution >= 0.6 is 0 Å². The van der Waals surface area contributed by atoms with E-state index >= 15 is 0 Å². The summed E-state index contributed by atoms with van der Waals surface area (Å²) in [7, 11) is 1.66. The van der Waals surface area contributed by atoms with Gasteiger partial charge in [-0.2, -0.15) is 5.26 Å². The van der Waals surface area contributed by atoms with E-state index in [1.54, 1.807) is 43.7 Å². The Balaban J connectivity index is 1.89. The van der Waals surface area contributed by atoms with Crippen LogP contribution in [0.3, 0.4) is 0 Å². The van der Waals surface area contributed by atoms with Crippen LogP contribution in [0.25, 0.3) is 0 Å². The number of terminal acetylenes is 1. The molecule has 1 saturated carbocycles. The summed E-state index contributed by atoms with van der Waals surface area (Å²) >= 11 is 0. The van der Waals surface area contributed by atoms with Crippen LogP contribution in [-0.4, -0.2) is 27.7 Å². The molecule has 3 rings (SSSR count). The van der Waals surface area contributed by atoms with Crippen molar-refractivity contribution in [2.45, 2.75) is 39.2 Å². The van der Waals surface area contributed by atoms with Crippen LogP contribution in [0, 0.1) is 44.4 Å². The third kappa shape index (κ3) is 3.58. The molecule has 30 heavy (non-hydrogen) atoms. The minimum Gasteiger partial charge on any atom is -0.343 e. The van der Waals surface area contributed by atoms with Crippen LogP contribution in [0.15, 0.2) is 18.2 Å². The van der Waals surface area contributed by atoms with Crippen molar-refractivity contribution in [1.29, 1.82) is 5.26 Å². The molecule has 7 nitrogen and oxygen atoms in total. The fourth-order valence-electron chi connectivity index (χ4n) is 3.46. The number of benzene rings is 1. The van der Waals surface area contributed by atoms with E-state index in [2.05, 4.69) is 22.6 Å². The lowest BCUT2D eigenvalue weighted by molar-refractivity contribution is -0.117. The topological polar surface area (TPSA) is 104 Å². The lowest BCUT2D eigenvalue weighted by Crippen LogP contribution is -2.40. The van der Waals surface area contributed by atoms with Crippen LogP contribution in [0.2, 0.25) is 0 Å². The second-order valence-corrected chi connectivity index (χ2v) is 7.60. The molecule has 0 aliphatic heterocycles.